The average molecular weight is 226 g/mol. The molecule has 0 fully saturated rings. The third-order valence-electron chi connectivity index (χ3n) is 2.27. The summed E-state index contributed by atoms with van der Waals surface area (Å²) in [5.74, 6) is -0.162. The maximum absolute atomic E-state index is 11.1. The van der Waals surface area contributed by atoms with Crippen LogP contribution >= 0.6 is 11.6 Å². The smallest absolute Gasteiger partial charge is 0.239 e. The summed E-state index contributed by atoms with van der Waals surface area (Å²) < 4.78 is 0. The Morgan fingerprint density at radius 2 is 1.73 bits per heavy atom. The lowest BCUT2D eigenvalue weighted by atomic mass is 10.1. The second-order valence-electron chi connectivity index (χ2n) is 3.43. The molecule has 0 aliphatic carbocycles. The van der Waals surface area contributed by atoms with E-state index in [0.717, 1.165) is 18.5 Å². The lowest BCUT2D eigenvalue weighted by Gasteiger charge is -2.08. The molecule has 3 heteroatoms. The second kappa shape index (κ2) is 5.76. The van der Waals surface area contributed by atoms with Crippen molar-refractivity contribution in [1.29, 1.82) is 0 Å². The molecule has 0 unspecified atom stereocenters. The minimum absolute atomic E-state index is 0.00217. The number of rotatable bonds is 4. The topological polar surface area (TPSA) is 29.1 Å². The van der Waals surface area contributed by atoms with Gasteiger partial charge in [-0.15, -0.1) is 11.6 Å². The van der Waals surface area contributed by atoms with E-state index in [-0.39, 0.29) is 11.8 Å². The van der Waals surface area contributed by atoms with Crippen molar-refractivity contribution in [3.63, 3.8) is 0 Å². The molecule has 1 aromatic rings. The zero-order valence-electron chi connectivity index (χ0n) is 9.14. The van der Waals surface area contributed by atoms with Crippen LogP contribution in [0.5, 0.6) is 0 Å². The van der Waals surface area contributed by atoms with Crippen LogP contribution in [-0.2, 0) is 17.6 Å². The van der Waals surface area contributed by atoms with Gasteiger partial charge < -0.3 is 5.32 Å². The van der Waals surface area contributed by atoms with Crippen molar-refractivity contribution < 1.29 is 4.79 Å². The van der Waals surface area contributed by atoms with E-state index in [1.165, 1.54) is 11.1 Å². The SMILES string of the molecule is CCc1cc(CC)cc(NC(=O)CCl)c1. The maximum atomic E-state index is 11.1. The summed E-state index contributed by atoms with van der Waals surface area (Å²) in [5, 5.41) is 2.77. The monoisotopic (exact) mass is 225 g/mol. The van der Waals surface area contributed by atoms with Gasteiger partial charge in [-0.05, 0) is 36.1 Å². The van der Waals surface area contributed by atoms with Crippen molar-refractivity contribution in [3.8, 4) is 0 Å². The Morgan fingerprint density at radius 1 is 1.20 bits per heavy atom. The largest absolute Gasteiger partial charge is 0.325 e. The normalized spacial score (nSPS) is 10.1. The first-order valence-electron chi connectivity index (χ1n) is 5.18. The fourth-order valence-electron chi connectivity index (χ4n) is 1.44. The molecule has 0 heterocycles. The molecular weight excluding hydrogens is 210 g/mol. The minimum atomic E-state index is -0.160. The van der Waals surface area contributed by atoms with E-state index >= 15 is 0 Å². The Balaban J connectivity index is 2.91. The van der Waals surface area contributed by atoms with Gasteiger partial charge in [0.15, 0.2) is 0 Å². The fraction of sp³-hybridized carbons (Fsp3) is 0.417. The molecule has 0 aliphatic heterocycles. The molecule has 82 valence electrons. The van der Waals surface area contributed by atoms with Crippen LogP contribution in [0.1, 0.15) is 25.0 Å². The summed E-state index contributed by atoms with van der Waals surface area (Å²) >= 11 is 5.44. The van der Waals surface area contributed by atoms with E-state index in [4.69, 9.17) is 11.6 Å². The van der Waals surface area contributed by atoms with Gasteiger partial charge in [0.05, 0.1) is 0 Å². The Bertz CT molecular complexity index is 327. The lowest BCUT2D eigenvalue weighted by Crippen LogP contribution is -2.12. The summed E-state index contributed by atoms with van der Waals surface area (Å²) in [6.45, 7) is 4.20. The minimum Gasteiger partial charge on any atom is -0.325 e. The summed E-state index contributed by atoms with van der Waals surface area (Å²) in [7, 11) is 0. The van der Waals surface area contributed by atoms with Crippen LogP contribution in [0.4, 0.5) is 5.69 Å². The molecule has 1 rings (SSSR count). The van der Waals surface area contributed by atoms with Gasteiger partial charge in [0.25, 0.3) is 0 Å². The number of alkyl halides is 1. The molecule has 0 aromatic heterocycles. The van der Waals surface area contributed by atoms with E-state index in [0.29, 0.717) is 0 Å². The number of anilines is 1. The average Bonchev–Trinajstić information content (AvgIpc) is 2.28. The van der Waals surface area contributed by atoms with Gasteiger partial charge in [-0.1, -0.05) is 19.9 Å². The van der Waals surface area contributed by atoms with Crippen LogP contribution in [0.3, 0.4) is 0 Å². The highest BCUT2D eigenvalue weighted by atomic mass is 35.5. The predicted molar refractivity (Wildman–Crippen MR) is 64.5 cm³/mol. The Hall–Kier alpha value is -1.02. The van der Waals surface area contributed by atoms with Gasteiger partial charge in [-0.3, -0.25) is 4.79 Å². The second-order valence-corrected chi connectivity index (χ2v) is 3.69. The van der Waals surface area contributed by atoms with Crippen LogP contribution < -0.4 is 5.32 Å². The predicted octanol–water partition coefficient (Wildman–Crippen LogP) is 2.99. The zero-order chi connectivity index (χ0) is 11.3. The van der Waals surface area contributed by atoms with Gasteiger partial charge in [0.2, 0.25) is 5.91 Å². The van der Waals surface area contributed by atoms with E-state index < -0.39 is 0 Å². The summed E-state index contributed by atoms with van der Waals surface area (Å²) in [5.41, 5.74) is 3.32. The number of benzene rings is 1. The highest BCUT2D eigenvalue weighted by molar-refractivity contribution is 6.29. The fourth-order valence-corrected chi connectivity index (χ4v) is 1.50. The number of amides is 1. The molecule has 0 saturated carbocycles. The van der Waals surface area contributed by atoms with E-state index in [9.17, 15) is 4.79 Å². The number of aryl methyl sites for hydroxylation is 2. The molecule has 0 aliphatic rings. The molecule has 1 N–H and O–H groups in total. The first-order valence-corrected chi connectivity index (χ1v) is 5.71. The molecule has 2 nitrogen and oxygen atoms in total. The van der Waals surface area contributed by atoms with Crippen molar-refractivity contribution in [1.82, 2.24) is 0 Å². The van der Waals surface area contributed by atoms with Crippen molar-refractivity contribution >= 4 is 23.2 Å². The van der Waals surface area contributed by atoms with Crippen molar-refractivity contribution in [2.24, 2.45) is 0 Å². The van der Waals surface area contributed by atoms with Crippen LogP contribution in [-0.4, -0.2) is 11.8 Å². The molecule has 1 aromatic carbocycles. The Morgan fingerprint density at radius 3 is 2.13 bits per heavy atom. The molecular formula is C12H16ClNO. The standard InChI is InChI=1S/C12H16ClNO/c1-3-9-5-10(4-2)7-11(6-9)14-12(15)8-13/h5-7H,3-4,8H2,1-2H3,(H,14,15). The molecule has 1 amide bonds. The Labute approximate surface area is 95.6 Å². The first-order chi connectivity index (χ1) is 7.19. The van der Waals surface area contributed by atoms with Gasteiger partial charge in [-0.2, -0.15) is 0 Å². The Kier molecular flexibility index (Phi) is 4.63. The highest BCUT2D eigenvalue weighted by Crippen LogP contribution is 2.16. The van der Waals surface area contributed by atoms with E-state index in [1.807, 2.05) is 12.1 Å². The number of carbonyl (C=O) groups excluding carboxylic acids is 1. The van der Waals surface area contributed by atoms with E-state index in [2.05, 4.69) is 25.2 Å². The van der Waals surface area contributed by atoms with Crippen molar-refractivity contribution in [2.75, 3.05) is 11.2 Å². The van der Waals surface area contributed by atoms with Crippen LogP contribution in [0.15, 0.2) is 18.2 Å². The first kappa shape index (κ1) is 12.1. The highest BCUT2D eigenvalue weighted by Gasteiger charge is 2.02. The molecule has 15 heavy (non-hydrogen) atoms. The van der Waals surface area contributed by atoms with Crippen LogP contribution in [0, 0.1) is 0 Å². The maximum Gasteiger partial charge on any atom is 0.239 e. The number of hydrogen-bond donors (Lipinski definition) is 1. The lowest BCUT2D eigenvalue weighted by molar-refractivity contribution is -0.113. The number of nitrogens with one attached hydrogen (secondary N) is 1. The van der Waals surface area contributed by atoms with Crippen molar-refractivity contribution in [2.45, 2.75) is 26.7 Å². The van der Waals surface area contributed by atoms with Crippen LogP contribution in [0.2, 0.25) is 0 Å². The summed E-state index contributed by atoms with van der Waals surface area (Å²) in [6.07, 6.45) is 1.94. The molecule has 0 spiro atoms. The van der Waals surface area contributed by atoms with Gasteiger partial charge in [-0.25, -0.2) is 0 Å². The number of halogens is 1. The summed E-state index contributed by atoms with van der Waals surface area (Å²) in [6, 6.07) is 6.14. The van der Waals surface area contributed by atoms with E-state index in [1.54, 1.807) is 0 Å². The number of carbonyl (C=O) groups is 1. The molecule has 0 atom stereocenters. The van der Waals surface area contributed by atoms with Crippen molar-refractivity contribution in [3.05, 3.63) is 29.3 Å². The van der Waals surface area contributed by atoms with Crippen LogP contribution in [0.25, 0.3) is 0 Å². The van der Waals surface area contributed by atoms with Gasteiger partial charge >= 0.3 is 0 Å². The third kappa shape index (κ3) is 3.56. The van der Waals surface area contributed by atoms with Gasteiger partial charge in [0, 0.05) is 5.69 Å². The third-order valence-corrected chi connectivity index (χ3v) is 2.52. The summed E-state index contributed by atoms with van der Waals surface area (Å²) in [4.78, 5) is 11.1. The zero-order valence-corrected chi connectivity index (χ0v) is 9.90. The quantitative estimate of drug-likeness (QED) is 0.785. The molecule has 0 saturated heterocycles. The number of hydrogen-bond acceptors (Lipinski definition) is 1. The van der Waals surface area contributed by atoms with Gasteiger partial charge in [0.1, 0.15) is 5.88 Å². The molecule has 0 bridgehead atoms. The molecule has 0 radical (unpaired) electrons.